The van der Waals surface area contributed by atoms with Gasteiger partial charge in [-0.1, -0.05) is 23.4 Å². The molecule has 0 N–H and O–H groups in total. The molecule has 3 aromatic rings. The summed E-state index contributed by atoms with van der Waals surface area (Å²) in [7, 11) is 0. The Morgan fingerprint density at radius 1 is 1.25 bits per heavy atom. The van der Waals surface area contributed by atoms with Crippen LogP contribution in [-0.4, -0.2) is 24.5 Å². The zero-order chi connectivity index (χ0) is 13.9. The van der Waals surface area contributed by atoms with Gasteiger partial charge in [0.05, 0.1) is 12.7 Å². The third kappa shape index (κ3) is 2.32. The summed E-state index contributed by atoms with van der Waals surface area (Å²) in [5, 5.41) is 8.13. The van der Waals surface area contributed by atoms with Crippen molar-refractivity contribution in [2.24, 2.45) is 0 Å². The van der Waals surface area contributed by atoms with Crippen LogP contribution in [0.25, 0.3) is 11.5 Å². The molecule has 0 amide bonds. The molecule has 102 valence electrons. The van der Waals surface area contributed by atoms with E-state index in [1.807, 2.05) is 17.7 Å². The highest BCUT2D eigenvalue weighted by atomic mass is 19.1. The number of halogens is 1. The van der Waals surface area contributed by atoms with Crippen molar-refractivity contribution < 1.29 is 4.39 Å². The van der Waals surface area contributed by atoms with Crippen LogP contribution in [-0.2, 0) is 13.1 Å². The minimum Gasteiger partial charge on any atom is -0.330 e. The van der Waals surface area contributed by atoms with Gasteiger partial charge in [-0.2, -0.15) is 0 Å². The van der Waals surface area contributed by atoms with Crippen molar-refractivity contribution in [1.29, 1.82) is 0 Å². The summed E-state index contributed by atoms with van der Waals surface area (Å²) in [6.45, 7) is 3.21. The molecule has 0 aliphatic carbocycles. The molecular formula is C14H14FN5. The molecule has 5 nitrogen and oxygen atoms in total. The van der Waals surface area contributed by atoms with Gasteiger partial charge in [0.25, 0.3) is 0 Å². The molecule has 2 aromatic heterocycles. The van der Waals surface area contributed by atoms with E-state index >= 15 is 0 Å². The first-order chi connectivity index (χ1) is 9.78. The number of rotatable bonds is 4. The van der Waals surface area contributed by atoms with Crippen LogP contribution >= 0.6 is 0 Å². The maximum atomic E-state index is 13.6. The van der Waals surface area contributed by atoms with E-state index in [1.54, 1.807) is 35.3 Å². The van der Waals surface area contributed by atoms with Crippen molar-refractivity contribution >= 4 is 0 Å². The van der Waals surface area contributed by atoms with Crippen LogP contribution in [0, 0.1) is 5.82 Å². The Hall–Kier alpha value is -2.50. The number of aromatic nitrogens is 5. The lowest BCUT2D eigenvalue weighted by Crippen LogP contribution is -2.02. The second-order valence-corrected chi connectivity index (χ2v) is 4.43. The number of imidazole rings is 1. The zero-order valence-corrected chi connectivity index (χ0v) is 11.1. The number of hydrogen-bond donors (Lipinski definition) is 0. The number of nitrogens with zero attached hydrogens (tertiary/aromatic N) is 5. The van der Waals surface area contributed by atoms with E-state index in [2.05, 4.69) is 15.3 Å². The monoisotopic (exact) mass is 271 g/mol. The van der Waals surface area contributed by atoms with Crippen molar-refractivity contribution in [2.75, 3.05) is 0 Å². The molecule has 0 atom stereocenters. The lowest BCUT2D eigenvalue weighted by molar-refractivity contribution is 0.577. The maximum absolute atomic E-state index is 13.6. The van der Waals surface area contributed by atoms with Crippen LogP contribution in [0.2, 0.25) is 0 Å². The standard InChI is InChI=1S/C14H14FN5/c1-2-19-8-7-16-14(19)13-10-20(18-17-13)9-11-5-3-4-6-12(11)15/h3-8,10H,2,9H2,1H3. The van der Waals surface area contributed by atoms with Crippen LogP contribution in [0.3, 0.4) is 0 Å². The summed E-state index contributed by atoms with van der Waals surface area (Å²) in [4.78, 5) is 4.27. The van der Waals surface area contributed by atoms with Crippen LogP contribution < -0.4 is 0 Å². The van der Waals surface area contributed by atoms with Crippen molar-refractivity contribution in [3.63, 3.8) is 0 Å². The fourth-order valence-electron chi connectivity index (χ4n) is 2.08. The normalized spacial score (nSPS) is 10.9. The van der Waals surface area contributed by atoms with Gasteiger partial charge >= 0.3 is 0 Å². The molecule has 2 heterocycles. The topological polar surface area (TPSA) is 48.5 Å². The largest absolute Gasteiger partial charge is 0.330 e. The molecule has 0 aliphatic heterocycles. The summed E-state index contributed by atoms with van der Waals surface area (Å²) in [5.74, 6) is 0.534. The smallest absolute Gasteiger partial charge is 0.162 e. The van der Waals surface area contributed by atoms with E-state index in [1.165, 1.54) is 6.07 Å². The average Bonchev–Trinajstić information content (AvgIpc) is 3.09. The second-order valence-electron chi connectivity index (χ2n) is 4.43. The summed E-state index contributed by atoms with van der Waals surface area (Å²) >= 11 is 0. The van der Waals surface area contributed by atoms with E-state index in [0.717, 1.165) is 12.4 Å². The zero-order valence-electron chi connectivity index (χ0n) is 11.1. The minimum atomic E-state index is -0.236. The van der Waals surface area contributed by atoms with Crippen molar-refractivity contribution in [1.82, 2.24) is 24.5 Å². The molecule has 0 saturated heterocycles. The van der Waals surface area contributed by atoms with Gasteiger partial charge in [-0.3, -0.25) is 0 Å². The average molecular weight is 271 g/mol. The first-order valence-electron chi connectivity index (χ1n) is 6.43. The fourth-order valence-corrected chi connectivity index (χ4v) is 2.08. The van der Waals surface area contributed by atoms with Gasteiger partial charge in [0.15, 0.2) is 5.82 Å². The minimum absolute atomic E-state index is 0.236. The molecule has 20 heavy (non-hydrogen) atoms. The highest BCUT2D eigenvalue weighted by Gasteiger charge is 2.10. The molecule has 6 heteroatoms. The van der Waals surface area contributed by atoms with E-state index in [9.17, 15) is 4.39 Å². The van der Waals surface area contributed by atoms with Gasteiger partial charge in [0, 0.05) is 24.5 Å². The Morgan fingerprint density at radius 3 is 2.90 bits per heavy atom. The Kier molecular flexibility index (Phi) is 3.28. The van der Waals surface area contributed by atoms with Crippen molar-refractivity contribution in [3.8, 4) is 11.5 Å². The number of hydrogen-bond acceptors (Lipinski definition) is 3. The molecule has 0 aliphatic rings. The van der Waals surface area contributed by atoms with Gasteiger partial charge in [-0.25, -0.2) is 14.1 Å². The van der Waals surface area contributed by atoms with E-state index in [-0.39, 0.29) is 5.82 Å². The summed E-state index contributed by atoms with van der Waals surface area (Å²) < 4.78 is 17.2. The number of aryl methyl sites for hydroxylation is 1. The highest BCUT2D eigenvalue weighted by Crippen LogP contribution is 2.15. The van der Waals surface area contributed by atoms with Gasteiger partial charge in [0.1, 0.15) is 11.5 Å². The quantitative estimate of drug-likeness (QED) is 0.732. The number of benzene rings is 1. The fraction of sp³-hybridized carbons (Fsp3) is 0.214. The van der Waals surface area contributed by atoms with E-state index < -0.39 is 0 Å². The molecule has 0 spiro atoms. The lowest BCUT2D eigenvalue weighted by atomic mass is 10.2. The van der Waals surface area contributed by atoms with Gasteiger partial charge in [-0.05, 0) is 13.0 Å². The van der Waals surface area contributed by atoms with Crippen LogP contribution in [0.5, 0.6) is 0 Å². The van der Waals surface area contributed by atoms with Gasteiger partial charge < -0.3 is 4.57 Å². The third-order valence-electron chi connectivity index (χ3n) is 3.11. The Balaban J connectivity index is 1.86. The lowest BCUT2D eigenvalue weighted by Gasteiger charge is -2.02. The summed E-state index contributed by atoms with van der Waals surface area (Å²) in [5.41, 5.74) is 1.27. The summed E-state index contributed by atoms with van der Waals surface area (Å²) in [6, 6.07) is 6.66. The van der Waals surface area contributed by atoms with E-state index in [0.29, 0.717) is 17.8 Å². The van der Waals surface area contributed by atoms with E-state index in [4.69, 9.17) is 0 Å². The molecule has 0 unspecified atom stereocenters. The first kappa shape index (κ1) is 12.5. The SMILES string of the molecule is CCn1ccnc1-c1cn(Cc2ccccc2F)nn1. The van der Waals surface area contributed by atoms with Crippen LogP contribution in [0.4, 0.5) is 4.39 Å². The molecule has 1 aromatic carbocycles. The van der Waals surface area contributed by atoms with Crippen LogP contribution in [0.1, 0.15) is 12.5 Å². The second kappa shape index (κ2) is 5.24. The highest BCUT2D eigenvalue weighted by molar-refractivity contribution is 5.47. The molecule has 0 radical (unpaired) electrons. The predicted octanol–water partition coefficient (Wildman–Crippen LogP) is 2.35. The molecule has 0 saturated carbocycles. The molecule has 0 fully saturated rings. The van der Waals surface area contributed by atoms with Crippen molar-refractivity contribution in [2.45, 2.75) is 20.0 Å². The summed E-state index contributed by atoms with van der Waals surface area (Å²) in [6.07, 6.45) is 5.40. The molecule has 3 rings (SSSR count). The molecular weight excluding hydrogens is 257 g/mol. The predicted molar refractivity (Wildman–Crippen MR) is 72.4 cm³/mol. The third-order valence-corrected chi connectivity index (χ3v) is 3.11. The van der Waals surface area contributed by atoms with Crippen molar-refractivity contribution in [3.05, 3.63) is 54.2 Å². The Morgan fingerprint density at radius 2 is 2.10 bits per heavy atom. The Bertz CT molecular complexity index is 716. The Labute approximate surface area is 115 Å². The molecule has 0 bridgehead atoms. The first-order valence-corrected chi connectivity index (χ1v) is 6.43. The van der Waals surface area contributed by atoms with Gasteiger partial charge in [-0.15, -0.1) is 5.10 Å². The van der Waals surface area contributed by atoms with Gasteiger partial charge in [0.2, 0.25) is 0 Å². The van der Waals surface area contributed by atoms with Crippen LogP contribution in [0.15, 0.2) is 42.9 Å². The maximum Gasteiger partial charge on any atom is 0.162 e.